The van der Waals surface area contributed by atoms with Crippen LogP contribution in [0.15, 0.2) is 30.3 Å². The molecule has 1 aromatic rings. The third kappa shape index (κ3) is 1.86. The predicted molar refractivity (Wildman–Crippen MR) is 63.2 cm³/mol. The fourth-order valence-electron chi connectivity index (χ4n) is 2.17. The molecule has 0 N–H and O–H groups in total. The number of carbonyl (C=O) groups excluding carboxylic acids is 2. The molecule has 0 amide bonds. The number of ether oxygens (including phenoxy) is 1. The molecule has 0 spiro atoms. The average Bonchev–Trinajstić information content (AvgIpc) is 2.33. The van der Waals surface area contributed by atoms with E-state index >= 15 is 0 Å². The summed E-state index contributed by atoms with van der Waals surface area (Å²) in [6.07, 6.45) is -0.454. The van der Waals surface area contributed by atoms with E-state index in [1.54, 1.807) is 13.8 Å². The van der Waals surface area contributed by atoms with E-state index < -0.39 is 17.5 Å². The van der Waals surface area contributed by atoms with Gasteiger partial charge in [-0.05, 0) is 19.4 Å². The molecule has 0 aromatic heterocycles. The van der Waals surface area contributed by atoms with E-state index in [0.717, 1.165) is 5.56 Å². The molecule has 1 aliphatic rings. The molecular formula is C14H16O3. The van der Waals surface area contributed by atoms with Crippen LogP contribution in [0.5, 0.6) is 0 Å². The highest BCUT2D eigenvalue weighted by molar-refractivity contribution is 6.05. The standard InChI is InChI=1S/C14H16O3/c1-9-11(10-7-5-4-6-8-10)17-13(16)14(2,3)12(9)15/h4-9,11H,1-3H3. The minimum atomic E-state index is -1.02. The van der Waals surface area contributed by atoms with Gasteiger partial charge >= 0.3 is 5.97 Å². The van der Waals surface area contributed by atoms with Crippen molar-refractivity contribution in [1.29, 1.82) is 0 Å². The van der Waals surface area contributed by atoms with Crippen LogP contribution < -0.4 is 0 Å². The molecule has 0 saturated carbocycles. The Kier molecular flexibility index (Phi) is 2.77. The van der Waals surface area contributed by atoms with Crippen LogP contribution in [0.2, 0.25) is 0 Å². The number of benzene rings is 1. The molecule has 17 heavy (non-hydrogen) atoms. The number of ketones is 1. The molecule has 2 unspecified atom stereocenters. The molecule has 1 aromatic carbocycles. The summed E-state index contributed by atoms with van der Waals surface area (Å²) >= 11 is 0. The van der Waals surface area contributed by atoms with Crippen molar-refractivity contribution in [1.82, 2.24) is 0 Å². The van der Waals surface area contributed by atoms with Gasteiger partial charge in [-0.25, -0.2) is 0 Å². The smallest absolute Gasteiger partial charge is 0.319 e. The van der Waals surface area contributed by atoms with Crippen molar-refractivity contribution >= 4 is 11.8 Å². The molecule has 90 valence electrons. The van der Waals surface area contributed by atoms with Gasteiger partial charge in [-0.2, -0.15) is 0 Å². The SMILES string of the molecule is CC1C(=O)C(C)(C)C(=O)OC1c1ccccc1. The average molecular weight is 232 g/mol. The normalized spacial score (nSPS) is 27.7. The Morgan fingerprint density at radius 2 is 1.71 bits per heavy atom. The summed E-state index contributed by atoms with van der Waals surface area (Å²) in [5, 5.41) is 0. The molecule has 1 saturated heterocycles. The second-order valence-corrected chi connectivity index (χ2v) is 5.01. The largest absolute Gasteiger partial charge is 0.456 e. The van der Waals surface area contributed by atoms with Crippen molar-refractivity contribution in [3.05, 3.63) is 35.9 Å². The zero-order valence-electron chi connectivity index (χ0n) is 10.3. The van der Waals surface area contributed by atoms with Crippen LogP contribution in [0, 0.1) is 11.3 Å². The Labute approximate surface area is 101 Å². The Balaban J connectivity index is 2.34. The third-order valence-corrected chi connectivity index (χ3v) is 3.36. The van der Waals surface area contributed by atoms with E-state index in [4.69, 9.17) is 4.74 Å². The van der Waals surface area contributed by atoms with Gasteiger partial charge < -0.3 is 4.74 Å². The maximum absolute atomic E-state index is 12.1. The van der Waals surface area contributed by atoms with E-state index in [9.17, 15) is 9.59 Å². The zero-order chi connectivity index (χ0) is 12.6. The molecule has 1 heterocycles. The molecule has 1 fully saturated rings. The lowest BCUT2D eigenvalue weighted by molar-refractivity contribution is -0.178. The van der Waals surface area contributed by atoms with Crippen molar-refractivity contribution in [2.24, 2.45) is 11.3 Å². The maximum atomic E-state index is 12.1. The number of Topliss-reactive ketones (excluding diaryl/α,β-unsaturated/α-hetero) is 1. The van der Waals surface area contributed by atoms with Crippen LogP contribution in [-0.2, 0) is 14.3 Å². The lowest BCUT2D eigenvalue weighted by atomic mass is 9.76. The number of rotatable bonds is 1. The second-order valence-electron chi connectivity index (χ2n) is 5.01. The summed E-state index contributed by atoms with van der Waals surface area (Å²) in [6.45, 7) is 5.05. The summed E-state index contributed by atoms with van der Waals surface area (Å²) in [6, 6.07) is 9.39. The van der Waals surface area contributed by atoms with Crippen LogP contribution in [-0.4, -0.2) is 11.8 Å². The van der Waals surface area contributed by atoms with Crippen molar-refractivity contribution < 1.29 is 14.3 Å². The highest BCUT2D eigenvalue weighted by Crippen LogP contribution is 2.39. The van der Waals surface area contributed by atoms with Gasteiger partial charge in [0.2, 0.25) is 0 Å². The minimum absolute atomic E-state index is 0.0531. The zero-order valence-corrected chi connectivity index (χ0v) is 10.3. The topological polar surface area (TPSA) is 43.4 Å². The van der Waals surface area contributed by atoms with Gasteiger partial charge in [0.15, 0.2) is 5.78 Å². The Hall–Kier alpha value is -1.64. The summed E-state index contributed by atoms with van der Waals surface area (Å²) in [5.74, 6) is -0.790. The van der Waals surface area contributed by atoms with Crippen molar-refractivity contribution in [2.45, 2.75) is 26.9 Å². The third-order valence-electron chi connectivity index (χ3n) is 3.36. The first kappa shape index (κ1) is 11.8. The van der Waals surface area contributed by atoms with Crippen LogP contribution in [0.3, 0.4) is 0 Å². The second kappa shape index (κ2) is 3.99. The number of carbonyl (C=O) groups is 2. The quantitative estimate of drug-likeness (QED) is 0.552. The molecule has 2 rings (SSSR count). The summed E-state index contributed by atoms with van der Waals surface area (Å²) < 4.78 is 5.41. The monoisotopic (exact) mass is 232 g/mol. The fourth-order valence-corrected chi connectivity index (χ4v) is 2.17. The maximum Gasteiger partial charge on any atom is 0.319 e. The highest BCUT2D eigenvalue weighted by atomic mass is 16.5. The Morgan fingerprint density at radius 3 is 2.29 bits per heavy atom. The van der Waals surface area contributed by atoms with E-state index in [0.29, 0.717) is 0 Å². The van der Waals surface area contributed by atoms with Crippen molar-refractivity contribution in [2.75, 3.05) is 0 Å². The molecule has 1 aliphatic heterocycles. The number of cyclic esters (lactones) is 1. The van der Waals surface area contributed by atoms with E-state index in [-0.39, 0.29) is 11.7 Å². The first-order chi connectivity index (χ1) is 7.94. The van der Waals surface area contributed by atoms with Crippen LogP contribution in [0.1, 0.15) is 32.4 Å². The van der Waals surface area contributed by atoms with Gasteiger partial charge in [-0.3, -0.25) is 9.59 Å². The molecular weight excluding hydrogens is 216 g/mol. The summed E-state index contributed by atoms with van der Waals surface area (Å²) in [5.41, 5.74) is -0.151. The predicted octanol–water partition coefficient (Wildman–Crippen LogP) is 2.52. The molecule has 0 bridgehead atoms. The highest BCUT2D eigenvalue weighted by Gasteiger charge is 2.48. The van der Waals surface area contributed by atoms with Gasteiger partial charge in [0.05, 0.1) is 5.92 Å². The Morgan fingerprint density at radius 1 is 1.12 bits per heavy atom. The molecule has 3 nitrogen and oxygen atoms in total. The molecule has 0 radical (unpaired) electrons. The molecule has 0 aliphatic carbocycles. The van der Waals surface area contributed by atoms with Crippen LogP contribution in [0.25, 0.3) is 0 Å². The van der Waals surface area contributed by atoms with E-state index in [1.165, 1.54) is 0 Å². The van der Waals surface area contributed by atoms with Crippen LogP contribution in [0.4, 0.5) is 0 Å². The number of hydrogen-bond donors (Lipinski definition) is 0. The van der Waals surface area contributed by atoms with Crippen molar-refractivity contribution in [3.63, 3.8) is 0 Å². The molecule has 2 atom stereocenters. The lowest BCUT2D eigenvalue weighted by Crippen LogP contribution is -2.46. The van der Waals surface area contributed by atoms with E-state index in [1.807, 2.05) is 37.3 Å². The number of hydrogen-bond acceptors (Lipinski definition) is 3. The van der Waals surface area contributed by atoms with Gasteiger partial charge in [0.1, 0.15) is 11.5 Å². The number of esters is 1. The Bertz CT molecular complexity index is 448. The van der Waals surface area contributed by atoms with Gasteiger partial charge in [-0.15, -0.1) is 0 Å². The van der Waals surface area contributed by atoms with E-state index in [2.05, 4.69) is 0 Å². The fraction of sp³-hybridized carbons (Fsp3) is 0.429. The van der Waals surface area contributed by atoms with Crippen molar-refractivity contribution in [3.8, 4) is 0 Å². The van der Waals surface area contributed by atoms with Gasteiger partial charge in [0, 0.05) is 0 Å². The lowest BCUT2D eigenvalue weighted by Gasteiger charge is -2.36. The summed E-state index contributed by atoms with van der Waals surface area (Å²) in [7, 11) is 0. The summed E-state index contributed by atoms with van der Waals surface area (Å²) in [4.78, 5) is 24.0. The molecule has 3 heteroatoms. The first-order valence-electron chi connectivity index (χ1n) is 5.75. The van der Waals surface area contributed by atoms with Crippen LogP contribution >= 0.6 is 0 Å². The van der Waals surface area contributed by atoms with Gasteiger partial charge in [0.25, 0.3) is 0 Å². The first-order valence-corrected chi connectivity index (χ1v) is 5.75. The minimum Gasteiger partial charge on any atom is -0.456 e. The van der Waals surface area contributed by atoms with Gasteiger partial charge in [-0.1, -0.05) is 37.3 Å².